The van der Waals surface area contributed by atoms with Crippen molar-refractivity contribution in [1.82, 2.24) is 10.2 Å². The standard InChI is InChI=1S/C9H18N2O/c12-4-3-11-6-8-1-2-10-5-9(8)7-11/h8-10,12H,1-7H2. The van der Waals surface area contributed by atoms with Crippen LogP contribution < -0.4 is 5.32 Å². The largest absolute Gasteiger partial charge is 0.395 e. The molecule has 70 valence electrons. The van der Waals surface area contributed by atoms with E-state index in [1.807, 2.05) is 0 Å². The Kier molecular flexibility index (Phi) is 2.63. The van der Waals surface area contributed by atoms with Crippen LogP contribution in [0.4, 0.5) is 0 Å². The molecule has 2 unspecified atom stereocenters. The molecule has 0 spiro atoms. The maximum absolute atomic E-state index is 8.80. The third kappa shape index (κ3) is 1.63. The van der Waals surface area contributed by atoms with Gasteiger partial charge in [-0.05, 0) is 31.3 Å². The second-order valence-electron chi connectivity index (χ2n) is 4.00. The third-order valence-electron chi connectivity index (χ3n) is 3.17. The Morgan fingerprint density at radius 1 is 1.33 bits per heavy atom. The van der Waals surface area contributed by atoms with Crippen molar-refractivity contribution in [2.45, 2.75) is 6.42 Å². The normalized spacial score (nSPS) is 36.8. The van der Waals surface area contributed by atoms with Crippen molar-refractivity contribution in [3.63, 3.8) is 0 Å². The molecule has 0 saturated carbocycles. The summed E-state index contributed by atoms with van der Waals surface area (Å²) in [5.74, 6) is 1.75. The topological polar surface area (TPSA) is 35.5 Å². The average Bonchev–Trinajstić information content (AvgIpc) is 2.47. The molecule has 0 aromatic rings. The summed E-state index contributed by atoms with van der Waals surface area (Å²) in [6.45, 7) is 5.96. The Balaban J connectivity index is 1.85. The van der Waals surface area contributed by atoms with Gasteiger partial charge in [0.1, 0.15) is 0 Å². The van der Waals surface area contributed by atoms with Crippen molar-refractivity contribution in [2.24, 2.45) is 11.8 Å². The van der Waals surface area contributed by atoms with Crippen LogP contribution in [0.15, 0.2) is 0 Å². The lowest BCUT2D eigenvalue weighted by molar-refractivity contribution is 0.216. The van der Waals surface area contributed by atoms with E-state index in [-0.39, 0.29) is 0 Å². The summed E-state index contributed by atoms with van der Waals surface area (Å²) in [5, 5.41) is 12.2. The number of piperidine rings is 1. The van der Waals surface area contributed by atoms with Crippen LogP contribution in [0.3, 0.4) is 0 Å². The van der Waals surface area contributed by atoms with Crippen LogP contribution in [-0.4, -0.2) is 49.3 Å². The number of aliphatic hydroxyl groups excluding tert-OH is 1. The Labute approximate surface area is 73.8 Å². The molecule has 2 fully saturated rings. The van der Waals surface area contributed by atoms with E-state index in [1.54, 1.807) is 0 Å². The number of rotatable bonds is 2. The zero-order valence-electron chi connectivity index (χ0n) is 7.50. The van der Waals surface area contributed by atoms with E-state index in [0.29, 0.717) is 6.61 Å². The van der Waals surface area contributed by atoms with Crippen molar-refractivity contribution in [1.29, 1.82) is 0 Å². The summed E-state index contributed by atoms with van der Waals surface area (Å²) in [4.78, 5) is 2.39. The van der Waals surface area contributed by atoms with Crippen LogP contribution in [0.1, 0.15) is 6.42 Å². The molecule has 3 heteroatoms. The van der Waals surface area contributed by atoms with E-state index < -0.39 is 0 Å². The predicted molar refractivity (Wildman–Crippen MR) is 48.0 cm³/mol. The monoisotopic (exact) mass is 170 g/mol. The Hall–Kier alpha value is -0.120. The number of fused-ring (bicyclic) bond motifs is 1. The highest BCUT2D eigenvalue weighted by Gasteiger charge is 2.33. The quantitative estimate of drug-likeness (QED) is 0.587. The molecular weight excluding hydrogens is 152 g/mol. The van der Waals surface area contributed by atoms with Gasteiger partial charge in [0, 0.05) is 19.6 Å². The third-order valence-corrected chi connectivity index (χ3v) is 3.17. The SMILES string of the molecule is OCCN1CC2CCNCC2C1. The smallest absolute Gasteiger partial charge is 0.0558 e. The molecule has 0 amide bonds. The summed E-state index contributed by atoms with van der Waals surface area (Å²) in [5.41, 5.74) is 0. The van der Waals surface area contributed by atoms with E-state index in [9.17, 15) is 0 Å². The van der Waals surface area contributed by atoms with E-state index >= 15 is 0 Å². The Bertz CT molecular complexity index is 137. The predicted octanol–water partition coefficient (Wildman–Crippen LogP) is -0.480. The van der Waals surface area contributed by atoms with Crippen LogP contribution in [0.5, 0.6) is 0 Å². The van der Waals surface area contributed by atoms with Gasteiger partial charge in [0.2, 0.25) is 0 Å². The Morgan fingerprint density at radius 2 is 2.17 bits per heavy atom. The van der Waals surface area contributed by atoms with Crippen molar-refractivity contribution < 1.29 is 5.11 Å². The zero-order chi connectivity index (χ0) is 8.39. The van der Waals surface area contributed by atoms with Crippen LogP contribution in [-0.2, 0) is 0 Å². The molecule has 0 aromatic heterocycles. The number of hydrogen-bond donors (Lipinski definition) is 2. The maximum atomic E-state index is 8.80. The molecule has 3 nitrogen and oxygen atoms in total. The van der Waals surface area contributed by atoms with Gasteiger partial charge in [0.25, 0.3) is 0 Å². The number of nitrogens with one attached hydrogen (secondary N) is 1. The van der Waals surface area contributed by atoms with Crippen molar-refractivity contribution in [2.75, 3.05) is 39.3 Å². The highest BCUT2D eigenvalue weighted by molar-refractivity contribution is 4.88. The molecular formula is C9H18N2O. The van der Waals surface area contributed by atoms with Crippen molar-refractivity contribution >= 4 is 0 Å². The molecule has 2 atom stereocenters. The van der Waals surface area contributed by atoms with Gasteiger partial charge in [-0.15, -0.1) is 0 Å². The molecule has 2 rings (SSSR count). The zero-order valence-corrected chi connectivity index (χ0v) is 7.50. The molecule has 2 heterocycles. The molecule has 0 aromatic carbocycles. The molecule has 0 radical (unpaired) electrons. The first-order chi connectivity index (χ1) is 5.90. The first-order valence-corrected chi connectivity index (χ1v) is 4.94. The van der Waals surface area contributed by atoms with Crippen LogP contribution in [0.2, 0.25) is 0 Å². The lowest BCUT2D eigenvalue weighted by atomic mass is 9.90. The summed E-state index contributed by atoms with van der Waals surface area (Å²) in [7, 11) is 0. The van der Waals surface area contributed by atoms with Gasteiger partial charge >= 0.3 is 0 Å². The van der Waals surface area contributed by atoms with E-state index in [0.717, 1.165) is 18.4 Å². The van der Waals surface area contributed by atoms with Crippen molar-refractivity contribution in [3.05, 3.63) is 0 Å². The van der Waals surface area contributed by atoms with Gasteiger partial charge in [0.05, 0.1) is 6.61 Å². The minimum Gasteiger partial charge on any atom is -0.395 e. The minimum absolute atomic E-state index is 0.312. The van der Waals surface area contributed by atoms with Gasteiger partial charge in [-0.25, -0.2) is 0 Å². The van der Waals surface area contributed by atoms with Gasteiger partial charge in [-0.3, -0.25) is 0 Å². The maximum Gasteiger partial charge on any atom is 0.0558 e. The second-order valence-corrected chi connectivity index (χ2v) is 4.00. The average molecular weight is 170 g/mol. The number of hydrogen-bond acceptors (Lipinski definition) is 3. The fourth-order valence-electron chi connectivity index (χ4n) is 2.49. The lowest BCUT2D eigenvalue weighted by Crippen LogP contribution is -2.35. The minimum atomic E-state index is 0.312. The first-order valence-electron chi connectivity index (χ1n) is 4.94. The highest BCUT2D eigenvalue weighted by atomic mass is 16.3. The van der Waals surface area contributed by atoms with Crippen molar-refractivity contribution in [3.8, 4) is 0 Å². The molecule has 2 aliphatic heterocycles. The summed E-state index contributed by atoms with van der Waals surface area (Å²) in [6, 6.07) is 0. The number of β-amino-alcohol motifs (C(OH)–C–C–N with tert-alkyl or cyclic N) is 1. The van der Waals surface area contributed by atoms with Gasteiger partial charge in [-0.1, -0.05) is 0 Å². The molecule has 2 N–H and O–H groups in total. The molecule has 0 aliphatic carbocycles. The van der Waals surface area contributed by atoms with Gasteiger partial charge in [0.15, 0.2) is 0 Å². The molecule has 2 aliphatic rings. The van der Waals surface area contributed by atoms with Crippen LogP contribution in [0, 0.1) is 11.8 Å². The molecule has 2 saturated heterocycles. The fraction of sp³-hybridized carbons (Fsp3) is 1.00. The summed E-state index contributed by atoms with van der Waals surface area (Å²) < 4.78 is 0. The van der Waals surface area contributed by atoms with Gasteiger partial charge < -0.3 is 15.3 Å². The fourth-order valence-corrected chi connectivity index (χ4v) is 2.49. The Morgan fingerprint density at radius 3 is 2.92 bits per heavy atom. The van der Waals surface area contributed by atoms with E-state index in [4.69, 9.17) is 5.11 Å². The molecule has 0 bridgehead atoms. The van der Waals surface area contributed by atoms with Gasteiger partial charge in [-0.2, -0.15) is 0 Å². The first kappa shape index (κ1) is 8.48. The number of aliphatic hydroxyl groups is 1. The summed E-state index contributed by atoms with van der Waals surface area (Å²) in [6.07, 6.45) is 1.33. The second kappa shape index (κ2) is 3.73. The van der Waals surface area contributed by atoms with E-state index in [1.165, 1.54) is 32.6 Å². The van der Waals surface area contributed by atoms with Crippen LogP contribution in [0.25, 0.3) is 0 Å². The van der Waals surface area contributed by atoms with E-state index in [2.05, 4.69) is 10.2 Å². The lowest BCUT2D eigenvalue weighted by Gasteiger charge is -2.24. The van der Waals surface area contributed by atoms with Crippen LogP contribution >= 0.6 is 0 Å². The summed E-state index contributed by atoms with van der Waals surface area (Å²) >= 11 is 0. The highest BCUT2D eigenvalue weighted by Crippen LogP contribution is 2.27. The number of likely N-dealkylation sites (tertiary alicyclic amines) is 1. The molecule has 12 heavy (non-hydrogen) atoms. The number of nitrogens with zero attached hydrogens (tertiary/aromatic N) is 1.